The number of esters is 1. The summed E-state index contributed by atoms with van der Waals surface area (Å²) in [7, 11) is 1.27. The summed E-state index contributed by atoms with van der Waals surface area (Å²) in [5, 5.41) is 9.89. The molecule has 1 rings (SSSR count). The molecule has 0 fully saturated rings. The van der Waals surface area contributed by atoms with Gasteiger partial charge in [0.25, 0.3) is 0 Å². The van der Waals surface area contributed by atoms with Crippen LogP contribution in [0, 0.1) is 6.92 Å². The molecule has 0 heterocycles. The van der Waals surface area contributed by atoms with Crippen LogP contribution in [0.4, 0.5) is 0 Å². The second kappa shape index (κ2) is 4.45. The predicted octanol–water partition coefficient (Wildman–Crippen LogP) is 1.46. The Hall–Kier alpha value is -1.35. The van der Waals surface area contributed by atoms with Crippen LogP contribution in [0.25, 0.3) is 0 Å². The van der Waals surface area contributed by atoms with Gasteiger partial charge in [-0.2, -0.15) is 0 Å². The van der Waals surface area contributed by atoms with Gasteiger partial charge in [0.2, 0.25) is 0 Å². The molecule has 1 aromatic rings. The number of carbonyl (C=O) groups is 1. The van der Waals surface area contributed by atoms with Crippen LogP contribution in [-0.2, 0) is 16.0 Å². The van der Waals surface area contributed by atoms with Crippen LogP contribution in [0.2, 0.25) is 0 Å². The van der Waals surface area contributed by atoms with E-state index in [-0.39, 0.29) is 6.42 Å². The van der Waals surface area contributed by atoms with Gasteiger partial charge < -0.3 is 9.84 Å². The minimum Gasteiger partial charge on any atom is -0.467 e. The molecule has 0 radical (unpaired) electrons. The summed E-state index contributed by atoms with van der Waals surface area (Å²) >= 11 is 0. The van der Waals surface area contributed by atoms with E-state index in [0.717, 1.165) is 11.1 Å². The van der Waals surface area contributed by atoms with Crippen molar-refractivity contribution < 1.29 is 14.6 Å². The average molecular weight is 208 g/mol. The first-order chi connectivity index (χ1) is 6.97. The van der Waals surface area contributed by atoms with Gasteiger partial charge in [0.05, 0.1) is 7.11 Å². The van der Waals surface area contributed by atoms with Gasteiger partial charge in [-0.15, -0.1) is 0 Å². The van der Waals surface area contributed by atoms with Crippen LogP contribution in [0.5, 0.6) is 0 Å². The third-order valence-corrected chi connectivity index (χ3v) is 2.42. The first kappa shape index (κ1) is 11.7. The molecule has 1 aromatic carbocycles. The molecule has 0 saturated carbocycles. The number of hydrogen-bond donors (Lipinski definition) is 1. The summed E-state index contributed by atoms with van der Waals surface area (Å²) in [6.07, 6.45) is 0.270. The van der Waals surface area contributed by atoms with Crippen LogP contribution in [-0.4, -0.2) is 23.8 Å². The number of methoxy groups -OCH3 is 1. The Morgan fingerprint density at radius 1 is 1.47 bits per heavy atom. The number of aryl methyl sites for hydroxylation is 1. The molecule has 1 unspecified atom stereocenters. The van der Waals surface area contributed by atoms with E-state index in [9.17, 15) is 9.90 Å². The molecule has 3 nitrogen and oxygen atoms in total. The van der Waals surface area contributed by atoms with Crippen molar-refractivity contribution in [3.05, 3.63) is 35.4 Å². The van der Waals surface area contributed by atoms with E-state index in [0.29, 0.717) is 0 Å². The lowest BCUT2D eigenvalue weighted by Gasteiger charge is -2.20. The number of hydrogen-bond acceptors (Lipinski definition) is 3. The number of rotatable bonds is 3. The van der Waals surface area contributed by atoms with E-state index in [1.807, 2.05) is 31.2 Å². The van der Waals surface area contributed by atoms with Gasteiger partial charge in [-0.3, -0.25) is 0 Å². The van der Waals surface area contributed by atoms with Crippen LogP contribution in [0.15, 0.2) is 24.3 Å². The van der Waals surface area contributed by atoms with Gasteiger partial charge >= 0.3 is 5.97 Å². The average Bonchev–Trinajstić information content (AvgIpc) is 2.20. The van der Waals surface area contributed by atoms with Crippen molar-refractivity contribution in [1.29, 1.82) is 0 Å². The van der Waals surface area contributed by atoms with Crippen molar-refractivity contribution in [2.45, 2.75) is 25.9 Å². The van der Waals surface area contributed by atoms with E-state index in [4.69, 9.17) is 0 Å². The monoisotopic (exact) mass is 208 g/mol. The second-order valence-corrected chi connectivity index (χ2v) is 3.87. The zero-order valence-electron chi connectivity index (χ0n) is 9.28. The molecule has 0 saturated heterocycles. The lowest BCUT2D eigenvalue weighted by Crippen LogP contribution is -2.38. The van der Waals surface area contributed by atoms with E-state index < -0.39 is 11.6 Å². The molecule has 15 heavy (non-hydrogen) atoms. The Labute approximate surface area is 89.7 Å². The maximum absolute atomic E-state index is 11.3. The van der Waals surface area contributed by atoms with E-state index in [1.165, 1.54) is 14.0 Å². The Morgan fingerprint density at radius 3 is 2.60 bits per heavy atom. The highest BCUT2D eigenvalue weighted by molar-refractivity contribution is 5.79. The molecule has 3 heteroatoms. The fourth-order valence-corrected chi connectivity index (χ4v) is 1.47. The van der Waals surface area contributed by atoms with Gasteiger partial charge in [-0.05, 0) is 25.0 Å². The molecule has 0 bridgehead atoms. The predicted molar refractivity (Wildman–Crippen MR) is 57.5 cm³/mol. The second-order valence-electron chi connectivity index (χ2n) is 3.87. The van der Waals surface area contributed by atoms with Crippen LogP contribution >= 0.6 is 0 Å². The fraction of sp³-hybridized carbons (Fsp3) is 0.417. The third-order valence-electron chi connectivity index (χ3n) is 2.42. The Bertz CT molecular complexity index is 356. The van der Waals surface area contributed by atoms with E-state index >= 15 is 0 Å². The van der Waals surface area contributed by atoms with Gasteiger partial charge in [0, 0.05) is 6.42 Å². The standard InChI is InChI=1S/C12H16O3/c1-9-6-4-5-7-10(9)8-12(2,14)11(13)15-3/h4-7,14H,8H2,1-3H3. The number of benzene rings is 1. The molecular weight excluding hydrogens is 192 g/mol. The lowest BCUT2D eigenvalue weighted by molar-refractivity contribution is -0.160. The van der Waals surface area contributed by atoms with Crippen LogP contribution in [0.3, 0.4) is 0 Å². The number of aliphatic hydroxyl groups is 1. The normalized spacial score (nSPS) is 14.4. The summed E-state index contributed by atoms with van der Waals surface area (Å²) < 4.78 is 4.54. The van der Waals surface area contributed by atoms with E-state index in [1.54, 1.807) is 0 Å². The topological polar surface area (TPSA) is 46.5 Å². The third kappa shape index (κ3) is 2.80. The van der Waals surface area contributed by atoms with Crippen molar-refractivity contribution >= 4 is 5.97 Å². The van der Waals surface area contributed by atoms with Crippen LogP contribution in [0.1, 0.15) is 18.1 Å². The number of ether oxygens (including phenoxy) is 1. The Balaban J connectivity index is 2.86. The minimum atomic E-state index is -1.46. The minimum absolute atomic E-state index is 0.270. The SMILES string of the molecule is COC(=O)C(C)(O)Cc1ccccc1C. The molecule has 0 aromatic heterocycles. The summed E-state index contributed by atoms with van der Waals surface area (Å²) in [5.41, 5.74) is 0.551. The lowest BCUT2D eigenvalue weighted by atomic mass is 9.94. The van der Waals surface area contributed by atoms with Crippen molar-refractivity contribution in [3.63, 3.8) is 0 Å². The fourth-order valence-electron chi connectivity index (χ4n) is 1.47. The molecule has 82 valence electrons. The Morgan fingerprint density at radius 2 is 2.07 bits per heavy atom. The summed E-state index contributed by atoms with van der Waals surface area (Å²) in [6, 6.07) is 7.65. The molecule has 0 spiro atoms. The molecular formula is C12H16O3. The molecule has 0 aliphatic rings. The summed E-state index contributed by atoms with van der Waals surface area (Å²) in [5.74, 6) is -0.606. The highest BCUT2D eigenvalue weighted by atomic mass is 16.5. The summed E-state index contributed by atoms with van der Waals surface area (Å²) in [4.78, 5) is 11.3. The van der Waals surface area contributed by atoms with Crippen molar-refractivity contribution in [1.82, 2.24) is 0 Å². The van der Waals surface area contributed by atoms with Gasteiger partial charge in [-0.1, -0.05) is 24.3 Å². The largest absolute Gasteiger partial charge is 0.467 e. The zero-order valence-corrected chi connectivity index (χ0v) is 9.28. The molecule has 0 aliphatic carbocycles. The Kier molecular flexibility index (Phi) is 3.48. The maximum Gasteiger partial charge on any atom is 0.337 e. The quantitative estimate of drug-likeness (QED) is 0.765. The highest BCUT2D eigenvalue weighted by Crippen LogP contribution is 2.17. The van der Waals surface area contributed by atoms with Crippen molar-refractivity contribution in [2.75, 3.05) is 7.11 Å². The number of carbonyl (C=O) groups excluding carboxylic acids is 1. The van der Waals surface area contributed by atoms with E-state index in [2.05, 4.69) is 4.74 Å². The van der Waals surface area contributed by atoms with Crippen LogP contribution < -0.4 is 0 Å². The maximum atomic E-state index is 11.3. The highest BCUT2D eigenvalue weighted by Gasteiger charge is 2.31. The van der Waals surface area contributed by atoms with Gasteiger partial charge in [-0.25, -0.2) is 4.79 Å². The van der Waals surface area contributed by atoms with Gasteiger partial charge in [0.15, 0.2) is 5.60 Å². The van der Waals surface area contributed by atoms with Crippen molar-refractivity contribution in [2.24, 2.45) is 0 Å². The smallest absolute Gasteiger partial charge is 0.337 e. The molecule has 1 atom stereocenters. The van der Waals surface area contributed by atoms with Crippen molar-refractivity contribution in [3.8, 4) is 0 Å². The summed E-state index contributed by atoms with van der Waals surface area (Å²) in [6.45, 7) is 3.41. The molecule has 0 aliphatic heterocycles. The zero-order chi connectivity index (χ0) is 11.5. The first-order valence-corrected chi connectivity index (χ1v) is 4.82. The van der Waals surface area contributed by atoms with Gasteiger partial charge in [0.1, 0.15) is 0 Å². The molecule has 0 amide bonds. The first-order valence-electron chi connectivity index (χ1n) is 4.82. The molecule has 1 N–H and O–H groups in total.